The van der Waals surface area contributed by atoms with E-state index in [9.17, 15) is 18.0 Å². The second-order valence-electron chi connectivity index (χ2n) is 5.01. The molecule has 1 saturated heterocycles. The van der Waals surface area contributed by atoms with Crippen molar-refractivity contribution < 1.29 is 22.7 Å². The summed E-state index contributed by atoms with van der Waals surface area (Å²) < 4.78 is 47.0. The van der Waals surface area contributed by atoms with Gasteiger partial charge in [-0.05, 0) is 29.2 Å². The Hall–Kier alpha value is -2.00. The monoisotopic (exact) mass is 343 g/mol. The number of ether oxygens (including phenoxy) is 1. The maximum Gasteiger partial charge on any atom is 0.416 e. The van der Waals surface area contributed by atoms with Gasteiger partial charge in [0.1, 0.15) is 11.0 Å². The van der Waals surface area contributed by atoms with Gasteiger partial charge >= 0.3 is 6.18 Å². The SMILES string of the molecule is O=C(c1cnns1)N1CCOC(c2ccc(C(F)(F)F)cc2)C1. The lowest BCUT2D eigenvalue weighted by molar-refractivity contribution is -0.137. The Balaban J connectivity index is 1.72. The van der Waals surface area contributed by atoms with Crippen molar-refractivity contribution in [3.05, 3.63) is 46.5 Å². The molecule has 0 aliphatic carbocycles. The van der Waals surface area contributed by atoms with E-state index in [-0.39, 0.29) is 12.5 Å². The number of carbonyl (C=O) groups excluding carboxylic acids is 1. The van der Waals surface area contributed by atoms with Crippen LogP contribution >= 0.6 is 11.5 Å². The number of hydrogen-bond acceptors (Lipinski definition) is 5. The topological polar surface area (TPSA) is 55.3 Å². The molecule has 0 radical (unpaired) electrons. The number of morpholine rings is 1. The van der Waals surface area contributed by atoms with Gasteiger partial charge < -0.3 is 9.64 Å². The smallest absolute Gasteiger partial charge is 0.370 e. The second kappa shape index (κ2) is 6.25. The van der Waals surface area contributed by atoms with E-state index in [1.54, 1.807) is 4.90 Å². The van der Waals surface area contributed by atoms with E-state index in [4.69, 9.17) is 4.74 Å². The predicted molar refractivity (Wildman–Crippen MR) is 75.9 cm³/mol. The minimum atomic E-state index is -4.37. The van der Waals surface area contributed by atoms with Crippen LogP contribution in [0.25, 0.3) is 0 Å². The molecule has 122 valence electrons. The van der Waals surface area contributed by atoms with Crippen molar-refractivity contribution in [2.45, 2.75) is 12.3 Å². The van der Waals surface area contributed by atoms with Crippen LogP contribution in [-0.2, 0) is 10.9 Å². The number of benzene rings is 1. The average molecular weight is 343 g/mol. The van der Waals surface area contributed by atoms with Crippen LogP contribution in [0, 0.1) is 0 Å². The van der Waals surface area contributed by atoms with Crippen molar-refractivity contribution in [1.29, 1.82) is 0 Å². The fraction of sp³-hybridized carbons (Fsp3) is 0.357. The molecule has 1 aromatic carbocycles. The quantitative estimate of drug-likeness (QED) is 0.841. The molecule has 0 saturated carbocycles. The summed E-state index contributed by atoms with van der Waals surface area (Å²) in [5, 5.41) is 3.63. The van der Waals surface area contributed by atoms with Crippen LogP contribution in [0.2, 0.25) is 0 Å². The largest absolute Gasteiger partial charge is 0.416 e. The first-order chi connectivity index (χ1) is 10.9. The summed E-state index contributed by atoms with van der Waals surface area (Å²) in [7, 11) is 0. The fourth-order valence-corrected chi connectivity index (χ4v) is 2.82. The molecule has 1 amide bonds. The first-order valence-electron chi connectivity index (χ1n) is 6.80. The molecule has 0 N–H and O–H groups in total. The van der Waals surface area contributed by atoms with Gasteiger partial charge in [0.15, 0.2) is 0 Å². The van der Waals surface area contributed by atoms with Gasteiger partial charge in [-0.25, -0.2) is 0 Å². The number of halogens is 3. The van der Waals surface area contributed by atoms with Gasteiger partial charge in [0.25, 0.3) is 5.91 Å². The third-order valence-corrected chi connectivity index (χ3v) is 4.19. The van der Waals surface area contributed by atoms with Crippen molar-refractivity contribution in [1.82, 2.24) is 14.5 Å². The second-order valence-corrected chi connectivity index (χ2v) is 5.80. The Kier molecular flexibility index (Phi) is 4.31. The van der Waals surface area contributed by atoms with Crippen LogP contribution in [0.1, 0.15) is 26.9 Å². The zero-order chi connectivity index (χ0) is 16.4. The Bertz CT molecular complexity index is 674. The molecule has 23 heavy (non-hydrogen) atoms. The van der Waals surface area contributed by atoms with Crippen molar-refractivity contribution >= 4 is 17.4 Å². The third kappa shape index (κ3) is 3.50. The van der Waals surface area contributed by atoms with Crippen molar-refractivity contribution in [3.63, 3.8) is 0 Å². The molecule has 1 atom stereocenters. The van der Waals surface area contributed by atoms with E-state index in [0.29, 0.717) is 23.6 Å². The van der Waals surface area contributed by atoms with Gasteiger partial charge in [-0.1, -0.05) is 16.6 Å². The van der Waals surface area contributed by atoms with Gasteiger partial charge in [-0.15, -0.1) is 5.10 Å². The van der Waals surface area contributed by atoms with Crippen LogP contribution in [-0.4, -0.2) is 40.1 Å². The summed E-state index contributed by atoms with van der Waals surface area (Å²) in [6.45, 7) is 1.03. The Morgan fingerprint density at radius 3 is 2.65 bits per heavy atom. The molecule has 3 rings (SSSR count). The number of rotatable bonds is 2. The molecule has 1 aliphatic rings. The number of hydrogen-bond donors (Lipinski definition) is 0. The summed E-state index contributed by atoms with van der Waals surface area (Å²) in [6, 6.07) is 4.81. The lowest BCUT2D eigenvalue weighted by Gasteiger charge is -2.32. The summed E-state index contributed by atoms with van der Waals surface area (Å²) in [5.41, 5.74) is -0.0985. The predicted octanol–water partition coefficient (Wildman–Crippen LogP) is 2.77. The van der Waals surface area contributed by atoms with Crippen LogP contribution < -0.4 is 0 Å². The minimum Gasteiger partial charge on any atom is -0.370 e. The first kappa shape index (κ1) is 15.9. The van der Waals surface area contributed by atoms with Crippen molar-refractivity contribution in [3.8, 4) is 0 Å². The van der Waals surface area contributed by atoms with Crippen LogP contribution in [0.3, 0.4) is 0 Å². The highest BCUT2D eigenvalue weighted by molar-refractivity contribution is 7.07. The highest BCUT2D eigenvalue weighted by Crippen LogP contribution is 2.31. The van der Waals surface area contributed by atoms with Gasteiger partial charge in [-0.3, -0.25) is 4.79 Å². The number of aromatic nitrogens is 2. The maximum atomic E-state index is 12.6. The molecular formula is C14H12F3N3O2S. The zero-order valence-electron chi connectivity index (χ0n) is 11.8. The highest BCUT2D eigenvalue weighted by Gasteiger charge is 2.31. The number of amides is 1. The molecule has 2 heterocycles. The molecule has 0 bridgehead atoms. The number of alkyl halides is 3. The van der Waals surface area contributed by atoms with Gasteiger partial charge in [0.05, 0.1) is 24.9 Å². The van der Waals surface area contributed by atoms with Crippen LogP contribution in [0.15, 0.2) is 30.5 Å². The van der Waals surface area contributed by atoms with E-state index in [0.717, 1.165) is 23.7 Å². The minimum absolute atomic E-state index is 0.194. The van der Waals surface area contributed by atoms with Gasteiger partial charge in [-0.2, -0.15) is 13.2 Å². The lowest BCUT2D eigenvalue weighted by Crippen LogP contribution is -2.42. The molecule has 9 heteroatoms. The lowest BCUT2D eigenvalue weighted by atomic mass is 10.1. The van der Waals surface area contributed by atoms with E-state index in [1.807, 2.05) is 0 Å². The van der Waals surface area contributed by atoms with Crippen LogP contribution in [0.5, 0.6) is 0 Å². The van der Waals surface area contributed by atoms with E-state index in [2.05, 4.69) is 9.59 Å². The Morgan fingerprint density at radius 1 is 1.30 bits per heavy atom. The average Bonchev–Trinajstić information content (AvgIpc) is 3.08. The van der Waals surface area contributed by atoms with Crippen molar-refractivity contribution in [2.24, 2.45) is 0 Å². The normalized spacial score (nSPS) is 18.9. The molecule has 1 fully saturated rings. The molecule has 0 spiro atoms. The van der Waals surface area contributed by atoms with E-state index >= 15 is 0 Å². The summed E-state index contributed by atoms with van der Waals surface area (Å²) in [6.07, 6.45) is -3.42. The standard InChI is InChI=1S/C14H12F3N3O2S/c15-14(16,17)10-3-1-9(2-4-10)11-8-20(5-6-22-11)13(21)12-7-18-19-23-12/h1-4,7,11H,5-6,8H2. The number of nitrogens with zero attached hydrogens (tertiary/aromatic N) is 3. The number of carbonyl (C=O) groups is 1. The Labute approximate surface area is 133 Å². The summed E-state index contributed by atoms with van der Waals surface area (Å²) in [5.74, 6) is -0.194. The van der Waals surface area contributed by atoms with Gasteiger partial charge in [0.2, 0.25) is 0 Å². The maximum absolute atomic E-state index is 12.6. The summed E-state index contributed by atoms with van der Waals surface area (Å²) in [4.78, 5) is 14.3. The van der Waals surface area contributed by atoms with Crippen LogP contribution in [0.4, 0.5) is 13.2 Å². The molecule has 5 nitrogen and oxygen atoms in total. The molecule has 2 aromatic rings. The summed E-state index contributed by atoms with van der Waals surface area (Å²) >= 11 is 1.01. The van der Waals surface area contributed by atoms with Gasteiger partial charge in [0, 0.05) is 6.54 Å². The molecule has 1 unspecified atom stereocenters. The highest BCUT2D eigenvalue weighted by atomic mass is 32.1. The zero-order valence-corrected chi connectivity index (χ0v) is 12.6. The van der Waals surface area contributed by atoms with Crippen molar-refractivity contribution in [2.75, 3.05) is 19.7 Å². The third-order valence-electron chi connectivity index (χ3n) is 3.54. The molecular weight excluding hydrogens is 331 g/mol. The molecule has 1 aromatic heterocycles. The molecule has 1 aliphatic heterocycles. The first-order valence-corrected chi connectivity index (χ1v) is 7.58. The fourth-order valence-electron chi connectivity index (χ4n) is 2.34. The Morgan fingerprint density at radius 2 is 2.04 bits per heavy atom. The van der Waals surface area contributed by atoms with E-state index in [1.165, 1.54) is 18.3 Å². The van der Waals surface area contributed by atoms with E-state index < -0.39 is 17.8 Å².